The van der Waals surface area contributed by atoms with Gasteiger partial charge in [-0.1, -0.05) is 29.8 Å². The second-order valence-corrected chi connectivity index (χ2v) is 9.19. The van der Waals surface area contributed by atoms with Crippen LogP contribution in [-0.2, 0) is 13.1 Å². The Morgan fingerprint density at radius 3 is 2.91 bits per heavy atom. The van der Waals surface area contributed by atoms with Crippen molar-refractivity contribution in [1.82, 2.24) is 14.1 Å². The maximum absolute atomic E-state index is 13.6. The Kier molecular flexibility index (Phi) is 7.24. The van der Waals surface area contributed by atoms with Crippen molar-refractivity contribution in [3.63, 3.8) is 0 Å². The van der Waals surface area contributed by atoms with Gasteiger partial charge in [0.05, 0.1) is 20.0 Å². The summed E-state index contributed by atoms with van der Waals surface area (Å²) in [6.45, 7) is 3.11. The number of halogens is 1. The van der Waals surface area contributed by atoms with Crippen molar-refractivity contribution in [2.24, 2.45) is 5.73 Å². The summed E-state index contributed by atoms with van der Waals surface area (Å²) in [5.74, 6) is 0.898. The largest absolute Gasteiger partial charge is 0.497 e. The summed E-state index contributed by atoms with van der Waals surface area (Å²) in [7, 11) is 1.52. The molecule has 1 atom stereocenters. The second-order valence-electron chi connectivity index (χ2n) is 8.59. The highest BCUT2D eigenvalue weighted by atomic mass is 35.5. The van der Waals surface area contributed by atoms with Crippen LogP contribution >= 0.6 is 11.6 Å². The number of nitrogens with two attached hydrogens (primary N) is 1. The number of benzene rings is 1. The quantitative estimate of drug-likeness (QED) is 0.501. The van der Waals surface area contributed by atoms with Gasteiger partial charge >= 0.3 is 0 Å². The van der Waals surface area contributed by atoms with Gasteiger partial charge in [0.25, 0.3) is 5.56 Å². The molecule has 0 bridgehead atoms. The molecule has 1 saturated heterocycles. The highest BCUT2D eigenvalue weighted by Crippen LogP contribution is 2.32. The van der Waals surface area contributed by atoms with E-state index in [9.17, 15) is 14.9 Å². The number of allylic oxidation sites excluding steroid dienone is 2. The molecule has 2 N–H and O–H groups in total. The minimum Gasteiger partial charge on any atom is -0.497 e. The molecule has 10 heteroatoms. The summed E-state index contributed by atoms with van der Waals surface area (Å²) >= 11 is 6.11. The van der Waals surface area contributed by atoms with Crippen molar-refractivity contribution in [2.45, 2.75) is 38.9 Å². The number of Topliss-reactive ketones (excluding diaryl/α,β-unsaturated/α-hetero) is 1. The number of nitriles is 1. The van der Waals surface area contributed by atoms with Crippen molar-refractivity contribution < 1.29 is 9.53 Å². The van der Waals surface area contributed by atoms with Gasteiger partial charge in [-0.15, -0.1) is 0 Å². The highest BCUT2D eigenvalue weighted by molar-refractivity contribution is 6.29. The van der Waals surface area contributed by atoms with Gasteiger partial charge in [-0.25, -0.2) is 4.98 Å². The number of methoxy groups -OCH3 is 1. The molecule has 1 unspecified atom stereocenters. The number of rotatable bonds is 7. The summed E-state index contributed by atoms with van der Waals surface area (Å²) < 4.78 is 8.23. The number of hydrogen-bond acceptors (Lipinski definition) is 7. The summed E-state index contributed by atoms with van der Waals surface area (Å²) in [5.41, 5.74) is 7.10. The Hall–Kier alpha value is -3.61. The third kappa shape index (κ3) is 4.94. The fourth-order valence-electron chi connectivity index (χ4n) is 4.44. The molecule has 1 aliphatic heterocycles. The van der Waals surface area contributed by atoms with E-state index in [2.05, 4.69) is 11.1 Å². The number of anilines is 1. The third-order valence-electron chi connectivity index (χ3n) is 6.13. The van der Waals surface area contributed by atoms with Crippen molar-refractivity contribution in [2.75, 3.05) is 25.1 Å². The van der Waals surface area contributed by atoms with E-state index >= 15 is 0 Å². The van der Waals surface area contributed by atoms with Crippen LogP contribution in [-0.4, -0.2) is 46.1 Å². The average Bonchev–Trinajstić information content (AvgIpc) is 3.18. The van der Waals surface area contributed by atoms with E-state index in [0.29, 0.717) is 46.3 Å². The van der Waals surface area contributed by atoms with Crippen LogP contribution in [0.4, 0.5) is 5.82 Å². The molecule has 1 aliphatic rings. The van der Waals surface area contributed by atoms with Gasteiger partial charge in [0.2, 0.25) is 0 Å². The zero-order chi connectivity index (χ0) is 25.1. The normalized spacial score (nSPS) is 16.4. The zero-order valence-corrected chi connectivity index (χ0v) is 20.5. The Morgan fingerprint density at radius 2 is 2.23 bits per heavy atom. The zero-order valence-electron chi connectivity index (χ0n) is 19.7. The smallest absolute Gasteiger partial charge is 0.278 e. The van der Waals surface area contributed by atoms with Crippen LogP contribution in [0.5, 0.6) is 5.75 Å². The van der Waals surface area contributed by atoms with Crippen LogP contribution in [0.25, 0.3) is 11.0 Å². The molecule has 1 fully saturated rings. The number of ether oxygens (including phenoxy) is 1. The predicted molar refractivity (Wildman–Crippen MR) is 135 cm³/mol. The lowest BCUT2D eigenvalue weighted by Crippen LogP contribution is -2.44. The molecule has 2 aromatic heterocycles. The molecule has 35 heavy (non-hydrogen) atoms. The number of piperidine rings is 1. The summed E-state index contributed by atoms with van der Waals surface area (Å²) in [5, 5.41) is 10.6. The SMILES string of the molecule is COc1cccc(C(=O)Cn2cnc3c(C#N)c(N4CCCC(N)C4)n(CC=C(C)Cl)c3c2=O)c1. The lowest BCUT2D eigenvalue weighted by molar-refractivity contribution is 0.0970. The van der Waals surface area contributed by atoms with Gasteiger partial charge in [0.15, 0.2) is 5.78 Å². The van der Waals surface area contributed by atoms with Crippen molar-refractivity contribution in [1.29, 1.82) is 5.26 Å². The first-order valence-corrected chi connectivity index (χ1v) is 11.7. The topological polar surface area (TPSA) is 119 Å². The van der Waals surface area contributed by atoms with E-state index < -0.39 is 5.56 Å². The minimum atomic E-state index is -0.407. The first-order valence-electron chi connectivity index (χ1n) is 11.4. The molecule has 3 heterocycles. The number of hydrogen-bond donors (Lipinski definition) is 1. The van der Waals surface area contributed by atoms with Crippen molar-refractivity contribution in [3.8, 4) is 11.8 Å². The van der Waals surface area contributed by atoms with Crippen molar-refractivity contribution in [3.05, 3.63) is 63.2 Å². The Bertz CT molecular complexity index is 1400. The number of nitrogens with zero attached hydrogens (tertiary/aromatic N) is 5. The standard InChI is InChI=1S/C25H27ClN6O3/c1-16(26)8-10-32-23-22(20(12-27)24(32)30-9-4-6-18(28)13-30)29-15-31(25(23)34)14-21(33)17-5-3-7-19(11-17)35-2/h3,5,7-8,11,15,18H,4,6,9-10,13-14,28H2,1-2H3. The molecule has 0 saturated carbocycles. The maximum Gasteiger partial charge on any atom is 0.278 e. The molecule has 0 amide bonds. The predicted octanol–water partition coefficient (Wildman–Crippen LogP) is 3.03. The lowest BCUT2D eigenvalue weighted by Gasteiger charge is -2.33. The molecule has 0 aliphatic carbocycles. The fraction of sp³-hybridized carbons (Fsp3) is 0.360. The van der Waals surface area contributed by atoms with Gasteiger partial charge in [-0.3, -0.25) is 14.2 Å². The Morgan fingerprint density at radius 1 is 1.43 bits per heavy atom. The second kappa shape index (κ2) is 10.3. The van der Waals surface area contributed by atoms with Crippen LogP contribution in [0.2, 0.25) is 0 Å². The van der Waals surface area contributed by atoms with E-state index in [1.807, 2.05) is 4.90 Å². The number of fused-ring (bicyclic) bond motifs is 1. The van der Waals surface area contributed by atoms with Crippen molar-refractivity contribution >= 4 is 34.2 Å². The summed E-state index contributed by atoms with van der Waals surface area (Å²) in [6, 6.07) is 8.97. The number of carbonyl (C=O) groups is 1. The molecule has 3 aromatic rings. The van der Waals surface area contributed by atoms with E-state index in [1.165, 1.54) is 18.0 Å². The van der Waals surface area contributed by atoms with Crippen LogP contribution in [0.3, 0.4) is 0 Å². The summed E-state index contributed by atoms with van der Waals surface area (Å²) in [6.07, 6.45) is 4.87. The van der Waals surface area contributed by atoms with Gasteiger partial charge in [0.1, 0.15) is 34.2 Å². The third-order valence-corrected chi connectivity index (χ3v) is 6.28. The van der Waals surface area contributed by atoms with E-state index in [4.69, 9.17) is 22.1 Å². The molecule has 0 radical (unpaired) electrons. The van der Waals surface area contributed by atoms with Gasteiger partial charge in [0, 0.05) is 36.3 Å². The molecule has 0 spiro atoms. The first-order chi connectivity index (χ1) is 16.8. The number of ketones is 1. The lowest BCUT2D eigenvalue weighted by atomic mass is 10.1. The molecule has 1 aromatic carbocycles. The number of aromatic nitrogens is 3. The minimum absolute atomic E-state index is 0.0304. The van der Waals surface area contributed by atoms with Crippen LogP contribution in [0, 0.1) is 11.3 Å². The van der Waals surface area contributed by atoms with Crippen LogP contribution in [0.15, 0.2) is 46.5 Å². The van der Waals surface area contributed by atoms with E-state index in [-0.39, 0.29) is 30.4 Å². The number of carbonyl (C=O) groups excluding carboxylic acids is 1. The maximum atomic E-state index is 13.6. The molecule has 182 valence electrons. The fourth-order valence-corrected chi connectivity index (χ4v) is 4.50. The summed E-state index contributed by atoms with van der Waals surface area (Å²) in [4.78, 5) is 33.0. The highest BCUT2D eigenvalue weighted by Gasteiger charge is 2.28. The van der Waals surface area contributed by atoms with Crippen LogP contribution in [0.1, 0.15) is 35.7 Å². The molecule has 9 nitrogen and oxygen atoms in total. The molecular weight excluding hydrogens is 468 g/mol. The van der Waals surface area contributed by atoms with Gasteiger partial charge in [-0.2, -0.15) is 5.26 Å². The van der Waals surface area contributed by atoms with Crippen LogP contribution < -0.4 is 20.9 Å². The Balaban J connectivity index is 1.84. The van der Waals surface area contributed by atoms with Gasteiger partial charge < -0.3 is 19.9 Å². The van der Waals surface area contributed by atoms with E-state index in [0.717, 1.165) is 12.8 Å². The average molecular weight is 495 g/mol. The Labute approximate surface area is 208 Å². The monoisotopic (exact) mass is 494 g/mol. The molecular formula is C25H27ClN6O3. The first kappa shape index (κ1) is 24.5. The molecule has 4 rings (SSSR count). The van der Waals surface area contributed by atoms with E-state index in [1.54, 1.807) is 41.8 Å². The van der Waals surface area contributed by atoms with Gasteiger partial charge in [-0.05, 0) is 31.9 Å².